The average molecular weight is 433 g/mol. The third-order valence-corrected chi connectivity index (χ3v) is 5.59. The van der Waals surface area contributed by atoms with Crippen LogP contribution in [0.2, 0.25) is 0 Å². The number of nitrogens with zero attached hydrogens (tertiary/aromatic N) is 4. The smallest absolute Gasteiger partial charge is 0.259 e. The number of carbonyl (C=O) groups is 2. The standard InChI is InChI=1S/C24H24FN5O2/c1-17-2-4-18(5-3-17)22-10-13-26-24(28-22)30(25)21-8-6-19(7-9-21)23(32)29-14-11-20(12-15-29)27-16-31/h2-10,13,16,20H,11-12,14-15H2,1H3,(H,27,31). The first kappa shape index (κ1) is 21.4. The van der Waals surface area contributed by atoms with Crippen molar-refractivity contribution in [2.24, 2.45) is 0 Å². The minimum Gasteiger partial charge on any atom is -0.356 e. The summed E-state index contributed by atoms with van der Waals surface area (Å²) in [6, 6.07) is 15.9. The van der Waals surface area contributed by atoms with E-state index < -0.39 is 0 Å². The Morgan fingerprint density at radius 2 is 1.78 bits per heavy atom. The first-order valence-corrected chi connectivity index (χ1v) is 10.5. The molecular weight excluding hydrogens is 409 g/mol. The molecule has 8 heteroatoms. The maximum atomic E-state index is 15.0. The summed E-state index contributed by atoms with van der Waals surface area (Å²) in [7, 11) is 0. The lowest BCUT2D eigenvalue weighted by atomic mass is 10.0. The first-order chi connectivity index (χ1) is 15.5. The number of halogens is 1. The molecule has 2 heterocycles. The maximum absolute atomic E-state index is 15.0. The zero-order chi connectivity index (χ0) is 22.5. The van der Waals surface area contributed by atoms with Crippen LogP contribution in [0.4, 0.5) is 16.1 Å². The van der Waals surface area contributed by atoms with Crippen molar-refractivity contribution in [3.63, 3.8) is 0 Å². The number of hydrogen-bond acceptors (Lipinski definition) is 5. The molecule has 7 nitrogen and oxygen atoms in total. The SMILES string of the molecule is Cc1ccc(-c2ccnc(N(F)c3ccc(C(=O)N4CCC(NC=O)CC4)cc3)n2)cc1. The molecule has 0 aliphatic carbocycles. The van der Waals surface area contributed by atoms with E-state index in [0.29, 0.717) is 35.9 Å². The Kier molecular flexibility index (Phi) is 6.39. The molecule has 164 valence electrons. The number of aryl methyl sites for hydroxylation is 1. The van der Waals surface area contributed by atoms with Crippen molar-refractivity contribution in [1.82, 2.24) is 20.2 Å². The van der Waals surface area contributed by atoms with E-state index in [4.69, 9.17) is 0 Å². The van der Waals surface area contributed by atoms with Gasteiger partial charge in [0.15, 0.2) is 0 Å². The lowest BCUT2D eigenvalue weighted by molar-refractivity contribution is -0.110. The molecular formula is C24H24FN5O2. The number of rotatable bonds is 6. The minimum atomic E-state index is -0.107. The summed E-state index contributed by atoms with van der Waals surface area (Å²) in [4.78, 5) is 33.4. The van der Waals surface area contributed by atoms with Gasteiger partial charge in [-0.2, -0.15) is 0 Å². The van der Waals surface area contributed by atoms with Gasteiger partial charge in [0.1, 0.15) is 0 Å². The van der Waals surface area contributed by atoms with E-state index in [9.17, 15) is 9.59 Å². The predicted molar refractivity (Wildman–Crippen MR) is 120 cm³/mol. The van der Waals surface area contributed by atoms with Crippen LogP contribution in [-0.4, -0.2) is 46.3 Å². The zero-order valence-corrected chi connectivity index (χ0v) is 17.7. The van der Waals surface area contributed by atoms with Crippen LogP contribution in [0.5, 0.6) is 0 Å². The second kappa shape index (κ2) is 9.55. The van der Waals surface area contributed by atoms with E-state index in [1.807, 2.05) is 31.2 Å². The van der Waals surface area contributed by atoms with E-state index >= 15 is 4.48 Å². The number of aromatic nitrogens is 2. The number of benzene rings is 2. The summed E-state index contributed by atoms with van der Waals surface area (Å²) in [5.74, 6) is -0.184. The van der Waals surface area contributed by atoms with Gasteiger partial charge in [0.2, 0.25) is 6.41 Å². The molecule has 32 heavy (non-hydrogen) atoms. The van der Waals surface area contributed by atoms with Gasteiger partial charge >= 0.3 is 0 Å². The molecule has 1 aliphatic rings. The topological polar surface area (TPSA) is 78.4 Å². The van der Waals surface area contributed by atoms with Gasteiger partial charge in [-0.15, -0.1) is 5.12 Å². The van der Waals surface area contributed by atoms with Crippen LogP contribution in [0, 0.1) is 6.92 Å². The minimum absolute atomic E-state index is 0.0769. The van der Waals surface area contributed by atoms with Gasteiger partial charge in [0, 0.05) is 36.5 Å². The van der Waals surface area contributed by atoms with Crippen LogP contribution in [0.15, 0.2) is 60.8 Å². The summed E-state index contributed by atoms with van der Waals surface area (Å²) in [6.45, 7) is 3.14. The lowest BCUT2D eigenvalue weighted by Gasteiger charge is -2.31. The van der Waals surface area contributed by atoms with Gasteiger partial charge in [-0.05, 0) is 50.1 Å². The number of amides is 2. The Hall–Kier alpha value is -3.81. The molecule has 1 aliphatic heterocycles. The highest BCUT2D eigenvalue weighted by atomic mass is 19.2. The van der Waals surface area contributed by atoms with Crippen molar-refractivity contribution in [3.8, 4) is 11.3 Å². The van der Waals surface area contributed by atoms with E-state index in [1.54, 1.807) is 23.1 Å². The normalized spacial score (nSPS) is 14.1. The number of carbonyl (C=O) groups excluding carboxylic acids is 2. The van der Waals surface area contributed by atoms with E-state index in [2.05, 4.69) is 15.3 Å². The molecule has 1 fully saturated rings. The fourth-order valence-corrected chi connectivity index (χ4v) is 3.71. The maximum Gasteiger partial charge on any atom is 0.259 e. The highest BCUT2D eigenvalue weighted by Gasteiger charge is 2.23. The lowest BCUT2D eigenvalue weighted by Crippen LogP contribution is -2.44. The largest absolute Gasteiger partial charge is 0.356 e. The molecule has 0 unspecified atom stereocenters. The molecule has 0 bridgehead atoms. The van der Waals surface area contributed by atoms with Gasteiger partial charge in [-0.1, -0.05) is 34.3 Å². The zero-order valence-electron chi connectivity index (χ0n) is 17.7. The third-order valence-electron chi connectivity index (χ3n) is 5.59. The Bertz CT molecular complexity index is 1080. The molecule has 1 N–H and O–H groups in total. The van der Waals surface area contributed by atoms with Crippen LogP contribution in [0.25, 0.3) is 11.3 Å². The van der Waals surface area contributed by atoms with Crippen molar-refractivity contribution >= 4 is 24.0 Å². The summed E-state index contributed by atoms with van der Waals surface area (Å²) in [5, 5.41) is 3.16. The van der Waals surface area contributed by atoms with Gasteiger partial charge < -0.3 is 10.2 Å². The predicted octanol–water partition coefficient (Wildman–Crippen LogP) is 3.83. The molecule has 0 saturated carbocycles. The average Bonchev–Trinajstić information content (AvgIpc) is 2.84. The Morgan fingerprint density at radius 3 is 2.44 bits per heavy atom. The van der Waals surface area contributed by atoms with Crippen molar-refractivity contribution < 1.29 is 14.1 Å². The number of hydrogen-bond donors (Lipinski definition) is 1. The van der Waals surface area contributed by atoms with Crippen LogP contribution in [0.3, 0.4) is 0 Å². The molecule has 3 aromatic rings. The van der Waals surface area contributed by atoms with Crippen LogP contribution in [0.1, 0.15) is 28.8 Å². The second-order valence-corrected chi connectivity index (χ2v) is 7.79. The number of anilines is 2. The number of likely N-dealkylation sites (tertiary alicyclic amines) is 1. The van der Waals surface area contributed by atoms with Gasteiger partial charge in [-0.25, -0.2) is 9.97 Å². The molecule has 1 aromatic heterocycles. The van der Waals surface area contributed by atoms with Crippen molar-refractivity contribution in [3.05, 3.63) is 71.9 Å². The highest BCUT2D eigenvalue weighted by Crippen LogP contribution is 2.26. The van der Waals surface area contributed by atoms with Crippen LogP contribution < -0.4 is 10.4 Å². The summed E-state index contributed by atoms with van der Waals surface area (Å²) < 4.78 is 15.0. The summed E-state index contributed by atoms with van der Waals surface area (Å²) >= 11 is 0. The Labute approximate surface area is 185 Å². The van der Waals surface area contributed by atoms with Crippen molar-refractivity contribution in [2.45, 2.75) is 25.8 Å². The summed E-state index contributed by atoms with van der Waals surface area (Å²) in [5.41, 5.74) is 3.35. The van der Waals surface area contributed by atoms with E-state index in [-0.39, 0.29) is 23.6 Å². The molecule has 1 saturated heterocycles. The van der Waals surface area contributed by atoms with Crippen molar-refractivity contribution in [2.75, 3.05) is 18.2 Å². The fraction of sp³-hybridized carbons (Fsp3) is 0.250. The van der Waals surface area contributed by atoms with Gasteiger partial charge in [-0.3, -0.25) is 9.59 Å². The first-order valence-electron chi connectivity index (χ1n) is 10.5. The second-order valence-electron chi connectivity index (χ2n) is 7.79. The molecule has 2 aromatic carbocycles. The fourth-order valence-electron chi connectivity index (χ4n) is 3.71. The quantitative estimate of drug-likeness (QED) is 0.472. The molecule has 0 spiro atoms. The summed E-state index contributed by atoms with van der Waals surface area (Å²) in [6.07, 6.45) is 3.65. The number of piperidine rings is 1. The van der Waals surface area contributed by atoms with Gasteiger partial charge in [0.05, 0.1) is 11.4 Å². The third kappa shape index (κ3) is 4.74. The van der Waals surface area contributed by atoms with Gasteiger partial charge in [0.25, 0.3) is 11.9 Å². The van der Waals surface area contributed by atoms with E-state index in [1.165, 1.54) is 18.3 Å². The molecule has 0 radical (unpaired) electrons. The molecule has 4 rings (SSSR count). The molecule has 2 amide bonds. The highest BCUT2D eigenvalue weighted by molar-refractivity contribution is 5.94. The molecule has 0 atom stereocenters. The Balaban J connectivity index is 1.45. The van der Waals surface area contributed by atoms with Crippen LogP contribution >= 0.6 is 0 Å². The number of nitrogens with one attached hydrogen (secondary N) is 1. The monoisotopic (exact) mass is 433 g/mol. The van der Waals surface area contributed by atoms with Crippen LogP contribution in [-0.2, 0) is 4.79 Å². The van der Waals surface area contributed by atoms with E-state index in [0.717, 1.165) is 24.0 Å². The Morgan fingerprint density at radius 1 is 1.09 bits per heavy atom. The van der Waals surface area contributed by atoms with Crippen molar-refractivity contribution in [1.29, 1.82) is 0 Å².